The zero-order chi connectivity index (χ0) is 14.7. The molecular formula is C14H17N3O3. The number of fused-ring (bicyclic) bond motifs is 1. The first-order valence-corrected chi connectivity index (χ1v) is 6.25. The number of rotatable bonds is 4. The Kier molecular flexibility index (Phi) is 4.05. The lowest BCUT2D eigenvalue weighted by Crippen LogP contribution is -2.41. The van der Waals surface area contributed by atoms with Gasteiger partial charge in [-0.05, 0) is 26.1 Å². The van der Waals surface area contributed by atoms with Crippen molar-refractivity contribution in [2.45, 2.75) is 13.0 Å². The van der Waals surface area contributed by atoms with Crippen LogP contribution in [-0.2, 0) is 4.79 Å². The van der Waals surface area contributed by atoms with Crippen LogP contribution in [0, 0.1) is 0 Å². The number of urea groups is 1. The highest BCUT2D eigenvalue weighted by molar-refractivity contribution is 5.94. The molecular weight excluding hydrogens is 258 g/mol. The molecule has 1 aromatic heterocycles. The van der Waals surface area contributed by atoms with Crippen LogP contribution in [0.1, 0.15) is 18.7 Å². The Labute approximate surface area is 116 Å². The molecule has 0 fully saturated rings. The van der Waals surface area contributed by atoms with E-state index in [1.54, 1.807) is 11.9 Å². The van der Waals surface area contributed by atoms with E-state index >= 15 is 0 Å². The molecule has 2 aromatic rings. The summed E-state index contributed by atoms with van der Waals surface area (Å²) in [7, 11) is 1.78. The standard InChI is InChI=1S/C14H17N3O3/c1-9(17(2)8-13(18)16-14(15)19)12-7-10-5-3-4-6-11(10)20-12/h3-7,9H,8H2,1-2H3,(H3,15,16,18,19)/t9-/m0/s1. The third-order valence-electron chi connectivity index (χ3n) is 3.17. The fourth-order valence-corrected chi connectivity index (χ4v) is 1.97. The topological polar surface area (TPSA) is 88.6 Å². The minimum absolute atomic E-state index is 0.0567. The SMILES string of the molecule is C[C@@H](c1cc2ccccc2o1)N(C)CC(=O)NC(N)=O. The largest absolute Gasteiger partial charge is 0.459 e. The Morgan fingerprint density at radius 1 is 1.40 bits per heavy atom. The molecule has 0 saturated carbocycles. The molecule has 0 unspecified atom stereocenters. The highest BCUT2D eigenvalue weighted by atomic mass is 16.3. The van der Waals surface area contributed by atoms with Crippen LogP contribution in [0.3, 0.4) is 0 Å². The predicted octanol–water partition coefficient (Wildman–Crippen LogP) is 1.62. The average molecular weight is 275 g/mol. The van der Waals surface area contributed by atoms with Gasteiger partial charge in [-0.15, -0.1) is 0 Å². The van der Waals surface area contributed by atoms with E-state index in [1.807, 2.05) is 42.6 Å². The van der Waals surface area contributed by atoms with E-state index in [0.717, 1.165) is 16.7 Å². The summed E-state index contributed by atoms with van der Waals surface area (Å²) in [5.74, 6) is 0.323. The van der Waals surface area contributed by atoms with Crippen molar-refractivity contribution in [3.63, 3.8) is 0 Å². The van der Waals surface area contributed by atoms with Gasteiger partial charge in [-0.3, -0.25) is 15.0 Å². The fourth-order valence-electron chi connectivity index (χ4n) is 1.97. The molecule has 106 valence electrons. The molecule has 6 nitrogen and oxygen atoms in total. The van der Waals surface area contributed by atoms with Crippen LogP contribution < -0.4 is 11.1 Å². The van der Waals surface area contributed by atoms with Crippen LogP contribution in [0.2, 0.25) is 0 Å². The van der Waals surface area contributed by atoms with Gasteiger partial charge in [-0.25, -0.2) is 4.79 Å². The van der Waals surface area contributed by atoms with Crippen LogP contribution in [0.15, 0.2) is 34.7 Å². The van der Waals surface area contributed by atoms with E-state index < -0.39 is 11.9 Å². The first-order valence-electron chi connectivity index (χ1n) is 6.25. The monoisotopic (exact) mass is 275 g/mol. The van der Waals surface area contributed by atoms with E-state index in [0.29, 0.717) is 0 Å². The third-order valence-corrected chi connectivity index (χ3v) is 3.17. The summed E-state index contributed by atoms with van der Waals surface area (Å²) in [4.78, 5) is 23.9. The average Bonchev–Trinajstić information content (AvgIpc) is 2.80. The molecule has 0 saturated heterocycles. The lowest BCUT2D eigenvalue weighted by molar-refractivity contribution is -0.121. The highest BCUT2D eigenvalue weighted by Gasteiger charge is 2.18. The van der Waals surface area contributed by atoms with Gasteiger partial charge in [0.2, 0.25) is 5.91 Å². The number of benzene rings is 1. The van der Waals surface area contributed by atoms with Crippen LogP contribution in [0.4, 0.5) is 4.79 Å². The summed E-state index contributed by atoms with van der Waals surface area (Å²) in [6, 6.07) is 8.71. The first kappa shape index (κ1) is 14.1. The number of imide groups is 1. The van der Waals surface area contributed by atoms with Gasteiger partial charge in [0.05, 0.1) is 12.6 Å². The summed E-state index contributed by atoms with van der Waals surface area (Å²) in [5, 5.41) is 3.05. The number of amides is 3. The Morgan fingerprint density at radius 3 is 2.75 bits per heavy atom. The zero-order valence-electron chi connectivity index (χ0n) is 11.4. The van der Waals surface area contributed by atoms with Gasteiger partial charge in [0.25, 0.3) is 0 Å². The third kappa shape index (κ3) is 3.16. The molecule has 0 aliphatic carbocycles. The molecule has 0 aliphatic rings. The van der Waals surface area contributed by atoms with Gasteiger partial charge < -0.3 is 10.2 Å². The minimum Gasteiger partial charge on any atom is -0.459 e. The maximum Gasteiger partial charge on any atom is 0.318 e. The predicted molar refractivity (Wildman–Crippen MR) is 75.0 cm³/mol. The van der Waals surface area contributed by atoms with Crippen molar-refractivity contribution in [1.82, 2.24) is 10.2 Å². The van der Waals surface area contributed by atoms with E-state index in [2.05, 4.69) is 0 Å². The number of carbonyl (C=O) groups is 2. The summed E-state index contributed by atoms with van der Waals surface area (Å²) in [5.41, 5.74) is 5.71. The van der Waals surface area contributed by atoms with Crippen molar-refractivity contribution >= 4 is 22.9 Å². The second kappa shape index (κ2) is 5.75. The van der Waals surface area contributed by atoms with E-state index in [1.165, 1.54) is 0 Å². The van der Waals surface area contributed by atoms with E-state index in [9.17, 15) is 9.59 Å². The fraction of sp³-hybridized carbons (Fsp3) is 0.286. The van der Waals surface area contributed by atoms with Crippen LogP contribution >= 0.6 is 0 Å². The van der Waals surface area contributed by atoms with Crippen LogP contribution in [0.25, 0.3) is 11.0 Å². The van der Waals surface area contributed by atoms with Crippen molar-refractivity contribution < 1.29 is 14.0 Å². The van der Waals surface area contributed by atoms with Crippen molar-refractivity contribution in [2.24, 2.45) is 5.73 Å². The van der Waals surface area contributed by atoms with Gasteiger partial charge in [-0.1, -0.05) is 18.2 Å². The molecule has 1 atom stereocenters. The van der Waals surface area contributed by atoms with Crippen LogP contribution in [-0.4, -0.2) is 30.4 Å². The molecule has 1 aromatic carbocycles. The molecule has 0 bridgehead atoms. The number of nitrogens with two attached hydrogens (primary N) is 1. The molecule has 3 amide bonds. The molecule has 0 radical (unpaired) electrons. The Hall–Kier alpha value is -2.34. The molecule has 2 rings (SSSR count). The number of carbonyl (C=O) groups excluding carboxylic acids is 2. The maximum absolute atomic E-state index is 11.5. The second-order valence-corrected chi connectivity index (χ2v) is 4.69. The lowest BCUT2D eigenvalue weighted by atomic mass is 10.2. The van der Waals surface area contributed by atoms with Crippen LogP contribution in [0.5, 0.6) is 0 Å². The van der Waals surface area contributed by atoms with E-state index in [-0.39, 0.29) is 12.6 Å². The second-order valence-electron chi connectivity index (χ2n) is 4.69. The Morgan fingerprint density at radius 2 is 2.10 bits per heavy atom. The van der Waals surface area contributed by atoms with E-state index in [4.69, 9.17) is 10.2 Å². The first-order chi connectivity index (χ1) is 9.47. The number of hydrogen-bond acceptors (Lipinski definition) is 4. The number of furan rings is 1. The van der Waals surface area contributed by atoms with Crippen molar-refractivity contribution in [1.29, 1.82) is 0 Å². The molecule has 6 heteroatoms. The summed E-state index contributed by atoms with van der Waals surface area (Å²) in [6.45, 7) is 1.98. The maximum atomic E-state index is 11.5. The highest BCUT2D eigenvalue weighted by Crippen LogP contribution is 2.26. The van der Waals surface area contributed by atoms with Crippen molar-refractivity contribution in [3.8, 4) is 0 Å². The molecule has 1 heterocycles. The molecule has 3 N–H and O–H groups in total. The number of nitrogens with zero attached hydrogens (tertiary/aromatic N) is 1. The Bertz CT molecular complexity index is 602. The minimum atomic E-state index is -0.847. The van der Waals surface area contributed by atoms with Crippen molar-refractivity contribution in [3.05, 3.63) is 36.1 Å². The normalized spacial score (nSPS) is 12.6. The Balaban J connectivity index is 2.07. The lowest BCUT2D eigenvalue weighted by Gasteiger charge is -2.21. The molecule has 20 heavy (non-hydrogen) atoms. The van der Waals surface area contributed by atoms with Gasteiger partial charge >= 0.3 is 6.03 Å². The number of para-hydroxylation sites is 1. The zero-order valence-corrected chi connectivity index (χ0v) is 11.4. The molecule has 0 aliphatic heterocycles. The van der Waals surface area contributed by atoms with Gasteiger partial charge in [0, 0.05) is 5.39 Å². The quantitative estimate of drug-likeness (QED) is 0.887. The number of primary amides is 1. The number of hydrogen-bond donors (Lipinski definition) is 2. The van der Waals surface area contributed by atoms with Crippen molar-refractivity contribution in [2.75, 3.05) is 13.6 Å². The van der Waals surface area contributed by atoms with Gasteiger partial charge in [-0.2, -0.15) is 0 Å². The summed E-state index contributed by atoms with van der Waals surface area (Å²) >= 11 is 0. The summed E-state index contributed by atoms with van der Waals surface area (Å²) in [6.07, 6.45) is 0. The smallest absolute Gasteiger partial charge is 0.318 e. The van der Waals surface area contributed by atoms with Gasteiger partial charge in [0.15, 0.2) is 0 Å². The summed E-state index contributed by atoms with van der Waals surface area (Å²) < 4.78 is 5.75. The number of likely N-dealkylation sites (N-methyl/N-ethyl adjacent to an activating group) is 1. The van der Waals surface area contributed by atoms with Gasteiger partial charge in [0.1, 0.15) is 11.3 Å². The number of nitrogens with one attached hydrogen (secondary N) is 1. The molecule has 0 spiro atoms.